The Bertz CT molecular complexity index is 696. The normalized spacial score (nSPS) is 11.5. The van der Waals surface area contributed by atoms with Crippen LogP contribution in [-0.2, 0) is 0 Å². The molecule has 0 saturated heterocycles. The number of nitrogens with zero attached hydrogens (tertiary/aromatic N) is 1. The number of carbonyl (C=O) groups excluding carboxylic acids is 1. The molecule has 2 rings (SSSR count). The molecule has 0 radical (unpaired) electrons. The summed E-state index contributed by atoms with van der Waals surface area (Å²) < 4.78 is 0.546. The Morgan fingerprint density at radius 1 is 1.36 bits per heavy atom. The van der Waals surface area contributed by atoms with Crippen molar-refractivity contribution in [1.29, 1.82) is 5.26 Å². The molecule has 1 aromatic carbocycles. The van der Waals surface area contributed by atoms with Gasteiger partial charge in [-0.05, 0) is 30.3 Å². The van der Waals surface area contributed by atoms with E-state index in [0.29, 0.717) is 14.8 Å². The first kappa shape index (κ1) is 16.3. The molecule has 3 N–H and O–H groups in total. The average Bonchev–Trinajstić information content (AvgIpc) is 2.97. The quantitative estimate of drug-likeness (QED) is 0.757. The average molecular weight is 336 g/mol. The highest BCUT2D eigenvalue weighted by molar-refractivity contribution is 7.17. The van der Waals surface area contributed by atoms with Gasteiger partial charge in [0.05, 0.1) is 27.0 Å². The van der Waals surface area contributed by atoms with Crippen LogP contribution >= 0.6 is 22.9 Å². The lowest BCUT2D eigenvalue weighted by atomic mass is 10.2. The van der Waals surface area contributed by atoms with Gasteiger partial charge in [-0.2, -0.15) is 5.26 Å². The first-order valence-corrected chi connectivity index (χ1v) is 7.73. The lowest BCUT2D eigenvalue weighted by Crippen LogP contribution is -2.35. The first-order chi connectivity index (χ1) is 10.6. The molecule has 0 aliphatic carbocycles. The van der Waals surface area contributed by atoms with Crippen molar-refractivity contribution in [3.8, 4) is 6.07 Å². The second-order valence-corrected chi connectivity index (χ2v) is 6.26. The van der Waals surface area contributed by atoms with Gasteiger partial charge in [0, 0.05) is 18.8 Å². The molecule has 0 bridgehead atoms. The van der Waals surface area contributed by atoms with Gasteiger partial charge >= 0.3 is 0 Å². The smallest absolute Gasteiger partial charge is 0.261 e. The number of nitrogens with one attached hydrogen (secondary N) is 2. The van der Waals surface area contributed by atoms with Gasteiger partial charge in [-0.1, -0.05) is 17.7 Å². The number of thiophene rings is 1. The fourth-order valence-corrected chi connectivity index (χ4v) is 2.70. The van der Waals surface area contributed by atoms with Crippen molar-refractivity contribution in [1.82, 2.24) is 5.32 Å². The number of carbonyl (C=O) groups is 1. The minimum absolute atomic E-state index is 0.124. The van der Waals surface area contributed by atoms with Crippen LogP contribution < -0.4 is 10.6 Å². The molecule has 0 fully saturated rings. The SMILES string of the molecule is N#Cc1cccc(NCC(O)CNC(=O)c2ccc(Cl)s2)c1. The van der Waals surface area contributed by atoms with E-state index in [1.165, 1.54) is 11.3 Å². The predicted octanol–water partition coefficient (Wildman–Crippen LogP) is 2.48. The van der Waals surface area contributed by atoms with Crippen LogP contribution in [0.5, 0.6) is 0 Å². The van der Waals surface area contributed by atoms with Crippen LogP contribution in [0.4, 0.5) is 5.69 Å². The number of aliphatic hydroxyl groups is 1. The molecule has 0 spiro atoms. The van der Waals surface area contributed by atoms with E-state index in [1.54, 1.807) is 36.4 Å². The maximum atomic E-state index is 11.8. The lowest BCUT2D eigenvalue weighted by molar-refractivity contribution is 0.0926. The Morgan fingerprint density at radius 2 is 2.18 bits per heavy atom. The number of hydrogen-bond donors (Lipinski definition) is 3. The van der Waals surface area contributed by atoms with Crippen LogP contribution in [0.15, 0.2) is 36.4 Å². The summed E-state index contributed by atoms with van der Waals surface area (Å²) in [5.41, 5.74) is 1.29. The summed E-state index contributed by atoms with van der Waals surface area (Å²) in [6.45, 7) is 0.389. The van der Waals surface area contributed by atoms with Gasteiger partial charge in [0.25, 0.3) is 5.91 Å². The number of aliphatic hydroxyl groups excluding tert-OH is 1. The highest BCUT2D eigenvalue weighted by Crippen LogP contribution is 2.21. The molecule has 0 aliphatic heterocycles. The summed E-state index contributed by atoms with van der Waals surface area (Å²) in [4.78, 5) is 12.3. The van der Waals surface area contributed by atoms with Crippen LogP contribution in [0.1, 0.15) is 15.2 Å². The molecule has 1 heterocycles. The number of anilines is 1. The third-order valence-corrected chi connectivity index (χ3v) is 4.06. The van der Waals surface area contributed by atoms with E-state index in [-0.39, 0.29) is 19.0 Å². The predicted molar refractivity (Wildman–Crippen MR) is 87.3 cm³/mol. The Morgan fingerprint density at radius 3 is 2.86 bits per heavy atom. The van der Waals surface area contributed by atoms with Gasteiger partial charge in [0.2, 0.25) is 0 Å². The number of benzene rings is 1. The zero-order chi connectivity index (χ0) is 15.9. The van der Waals surface area contributed by atoms with Crippen LogP contribution in [-0.4, -0.2) is 30.2 Å². The van der Waals surface area contributed by atoms with E-state index >= 15 is 0 Å². The standard InChI is InChI=1S/C15H14ClN3O2S/c16-14-5-4-13(22-14)15(21)19-9-12(20)8-18-11-3-1-2-10(6-11)7-17/h1-6,12,18,20H,8-9H2,(H,19,21). The molecule has 0 saturated carbocycles. The lowest BCUT2D eigenvalue weighted by Gasteiger charge is -2.13. The van der Waals surface area contributed by atoms with Gasteiger partial charge in [0.1, 0.15) is 0 Å². The Labute approximate surface area is 137 Å². The number of amides is 1. The van der Waals surface area contributed by atoms with E-state index in [2.05, 4.69) is 10.6 Å². The molecule has 2 aromatic rings. The maximum Gasteiger partial charge on any atom is 0.261 e. The maximum absolute atomic E-state index is 11.8. The van der Waals surface area contributed by atoms with Crippen molar-refractivity contribution in [2.24, 2.45) is 0 Å². The fourth-order valence-electron chi connectivity index (χ4n) is 1.74. The van der Waals surface area contributed by atoms with Crippen molar-refractivity contribution >= 4 is 34.5 Å². The summed E-state index contributed by atoms with van der Waals surface area (Å²) in [6, 6.07) is 12.3. The van der Waals surface area contributed by atoms with Gasteiger partial charge < -0.3 is 15.7 Å². The Kier molecular flexibility index (Phi) is 5.78. The van der Waals surface area contributed by atoms with Crippen LogP contribution in [0.3, 0.4) is 0 Å². The third-order valence-electron chi connectivity index (χ3n) is 2.83. The number of halogens is 1. The molecule has 1 atom stereocenters. The highest BCUT2D eigenvalue weighted by Gasteiger charge is 2.11. The van der Waals surface area contributed by atoms with Gasteiger partial charge in [-0.15, -0.1) is 11.3 Å². The molecule has 1 aromatic heterocycles. The van der Waals surface area contributed by atoms with Crippen molar-refractivity contribution < 1.29 is 9.90 Å². The van der Waals surface area contributed by atoms with Gasteiger partial charge in [0.15, 0.2) is 0 Å². The van der Waals surface area contributed by atoms with Crippen LogP contribution in [0.25, 0.3) is 0 Å². The molecule has 22 heavy (non-hydrogen) atoms. The molecular weight excluding hydrogens is 322 g/mol. The second-order valence-electron chi connectivity index (χ2n) is 4.54. The molecule has 0 aliphatic rings. The summed E-state index contributed by atoms with van der Waals surface area (Å²) in [5.74, 6) is -0.262. The largest absolute Gasteiger partial charge is 0.389 e. The number of nitriles is 1. The molecular formula is C15H14ClN3O2S. The Balaban J connectivity index is 1.77. The topological polar surface area (TPSA) is 85.2 Å². The van der Waals surface area contributed by atoms with Gasteiger partial charge in [-0.3, -0.25) is 4.79 Å². The van der Waals surface area contributed by atoms with Crippen LogP contribution in [0, 0.1) is 11.3 Å². The summed E-state index contributed by atoms with van der Waals surface area (Å²) >= 11 is 6.95. The summed E-state index contributed by atoms with van der Waals surface area (Å²) in [6.07, 6.45) is -0.745. The number of rotatable bonds is 6. The minimum Gasteiger partial charge on any atom is -0.389 e. The fraction of sp³-hybridized carbons (Fsp3) is 0.200. The number of hydrogen-bond acceptors (Lipinski definition) is 5. The molecule has 1 unspecified atom stereocenters. The zero-order valence-corrected chi connectivity index (χ0v) is 13.1. The summed E-state index contributed by atoms with van der Waals surface area (Å²) in [5, 5.41) is 24.3. The van der Waals surface area contributed by atoms with Crippen molar-refractivity contribution in [3.63, 3.8) is 0 Å². The second kappa shape index (κ2) is 7.80. The van der Waals surface area contributed by atoms with E-state index in [0.717, 1.165) is 5.69 Å². The van der Waals surface area contributed by atoms with Crippen LogP contribution in [0.2, 0.25) is 4.34 Å². The molecule has 114 valence electrons. The molecule has 1 amide bonds. The molecule has 5 nitrogen and oxygen atoms in total. The third kappa shape index (κ3) is 4.74. The monoisotopic (exact) mass is 335 g/mol. The van der Waals surface area contributed by atoms with E-state index in [9.17, 15) is 9.90 Å². The van der Waals surface area contributed by atoms with Crippen molar-refractivity contribution in [3.05, 3.63) is 51.2 Å². The Hall–Kier alpha value is -2.07. The van der Waals surface area contributed by atoms with Gasteiger partial charge in [-0.25, -0.2) is 0 Å². The first-order valence-electron chi connectivity index (χ1n) is 6.54. The van der Waals surface area contributed by atoms with E-state index < -0.39 is 6.10 Å². The summed E-state index contributed by atoms with van der Waals surface area (Å²) in [7, 11) is 0. The van der Waals surface area contributed by atoms with E-state index in [1.807, 2.05) is 6.07 Å². The van der Waals surface area contributed by atoms with Crippen molar-refractivity contribution in [2.75, 3.05) is 18.4 Å². The van der Waals surface area contributed by atoms with E-state index in [4.69, 9.17) is 16.9 Å². The van der Waals surface area contributed by atoms with Crippen molar-refractivity contribution in [2.45, 2.75) is 6.10 Å². The molecule has 7 heteroatoms. The minimum atomic E-state index is -0.745. The highest BCUT2D eigenvalue weighted by atomic mass is 35.5. The zero-order valence-electron chi connectivity index (χ0n) is 11.5.